The minimum absolute atomic E-state index is 0.136. The summed E-state index contributed by atoms with van der Waals surface area (Å²) in [6, 6.07) is 10.8. The van der Waals surface area contributed by atoms with Crippen molar-refractivity contribution in [3.8, 4) is 0 Å². The summed E-state index contributed by atoms with van der Waals surface area (Å²) >= 11 is 1.94. The first kappa shape index (κ1) is 16.7. The molecule has 1 aromatic carbocycles. The summed E-state index contributed by atoms with van der Waals surface area (Å²) in [6.45, 7) is 5.94. The standard InChI is InChI=1S/C18H27N3OS/c22-18(21-10-12-23-13-11-21)19-14-16-6-8-20(9-7-16)15-17-4-2-1-3-5-17/h1-5,16H,6-15H2,(H,19,22). The number of thioether (sulfide) groups is 1. The lowest BCUT2D eigenvalue weighted by Gasteiger charge is -2.33. The van der Waals surface area contributed by atoms with Crippen molar-refractivity contribution < 1.29 is 4.79 Å². The Balaban J connectivity index is 1.35. The zero-order valence-electron chi connectivity index (χ0n) is 13.7. The summed E-state index contributed by atoms with van der Waals surface area (Å²) in [6.07, 6.45) is 2.37. The van der Waals surface area contributed by atoms with Crippen LogP contribution in [0.4, 0.5) is 4.79 Å². The van der Waals surface area contributed by atoms with E-state index in [1.807, 2.05) is 16.7 Å². The number of nitrogens with one attached hydrogen (secondary N) is 1. The predicted molar refractivity (Wildman–Crippen MR) is 96.7 cm³/mol. The molecule has 0 aliphatic carbocycles. The fourth-order valence-electron chi connectivity index (χ4n) is 3.30. The van der Waals surface area contributed by atoms with Gasteiger partial charge in [-0.15, -0.1) is 0 Å². The number of carbonyl (C=O) groups is 1. The largest absolute Gasteiger partial charge is 0.338 e. The molecule has 1 N–H and O–H groups in total. The molecule has 4 nitrogen and oxygen atoms in total. The van der Waals surface area contributed by atoms with Crippen LogP contribution in [0.15, 0.2) is 30.3 Å². The second-order valence-corrected chi connectivity index (χ2v) is 7.72. The SMILES string of the molecule is O=C(NCC1CCN(Cc2ccccc2)CC1)N1CCSCC1. The van der Waals surface area contributed by atoms with Gasteiger partial charge in [-0.05, 0) is 37.4 Å². The highest BCUT2D eigenvalue weighted by Gasteiger charge is 2.21. The third kappa shape index (κ3) is 5.15. The topological polar surface area (TPSA) is 35.6 Å². The van der Waals surface area contributed by atoms with E-state index in [-0.39, 0.29) is 6.03 Å². The Morgan fingerprint density at radius 3 is 2.48 bits per heavy atom. The molecule has 2 aliphatic heterocycles. The molecule has 5 heteroatoms. The van der Waals surface area contributed by atoms with Gasteiger partial charge in [-0.1, -0.05) is 30.3 Å². The lowest BCUT2D eigenvalue weighted by molar-refractivity contribution is 0.169. The molecule has 0 spiro atoms. The highest BCUT2D eigenvalue weighted by Crippen LogP contribution is 2.18. The van der Waals surface area contributed by atoms with E-state index < -0.39 is 0 Å². The van der Waals surface area contributed by atoms with Crippen LogP contribution in [0.3, 0.4) is 0 Å². The Hall–Kier alpha value is -1.20. The smallest absolute Gasteiger partial charge is 0.317 e. The van der Waals surface area contributed by atoms with Gasteiger partial charge in [-0.3, -0.25) is 4.90 Å². The first-order valence-electron chi connectivity index (χ1n) is 8.68. The molecule has 0 bridgehead atoms. The molecule has 2 heterocycles. The Morgan fingerprint density at radius 2 is 1.78 bits per heavy atom. The van der Waals surface area contributed by atoms with Crippen LogP contribution < -0.4 is 5.32 Å². The van der Waals surface area contributed by atoms with Gasteiger partial charge in [0.05, 0.1) is 0 Å². The first-order chi connectivity index (χ1) is 11.3. The number of nitrogens with zero attached hydrogens (tertiary/aromatic N) is 2. The summed E-state index contributed by atoms with van der Waals surface area (Å²) in [4.78, 5) is 16.6. The minimum Gasteiger partial charge on any atom is -0.338 e. The molecular weight excluding hydrogens is 306 g/mol. The molecular formula is C18H27N3OS. The fraction of sp³-hybridized carbons (Fsp3) is 0.611. The molecule has 0 unspecified atom stereocenters. The van der Waals surface area contributed by atoms with E-state index >= 15 is 0 Å². The summed E-state index contributed by atoms with van der Waals surface area (Å²) in [5.41, 5.74) is 1.39. The molecule has 0 aromatic heterocycles. The summed E-state index contributed by atoms with van der Waals surface area (Å²) in [5.74, 6) is 2.78. The van der Waals surface area contributed by atoms with Gasteiger partial charge in [0.25, 0.3) is 0 Å². The summed E-state index contributed by atoms with van der Waals surface area (Å²) in [5, 5.41) is 3.15. The number of hydrogen-bond donors (Lipinski definition) is 1. The number of likely N-dealkylation sites (tertiary alicyclic amines) is 1. The molecule has 2 amide bonds. The number of piperidine rings is 1. The van der Waals surface area contributed by atoms with Crippen LogP contribution in [0.2, 0.25) is 0 Å². The maximum Gasteiger partial charge on any atom is 0.317 e. The van der Waals surface area contributed by atoms with E-state index in [0.717, 1.165) is 50.8 Å². The minimum atomic E-state index is 0.136. The van der Waals surface area contributed by atoms with Gasteiger partial charge in [0.15, 0.2) is 0 Å². The number of benzene rings is 1. The van der Waals surface area contributed by atoms with E-state index in [1.165, 1.54) is 18.4 Å². The number of urea groups is 1. The van der Waals surface area contributed by atoms with Crippen LogP contribution in [0, 0.1) is 5.92 Å². The van der Waals surface area contributed by atoms with Crippen molar-refractivity contribution in [1.82, 2.24) is 15.1 Å². The number of rotatable bonds is 4. The molecule has 0 atom stereocenters. The van der Waals surface area contributed by atoms with Crippen LogP contribution in [0.1, 0.15) is 18.4 Å². The van der Waals surface area contributed by atoms with Gasteiger partial charge >= 0.3 is 6.03 Å². The molecule has 3 rings (SSSR count). The Labute approximate surface area is 143 Å². The van der Waals surface area contributed by atoms with Crippen molar-refractivity contribution in [1.29, 1.82) is 0 Å². The Morgan fingerprint density at radius 1 is 1.09 bits per heavy atom. The first-order valence-corrected chi connectivity index (χ1v) is 9.83. The van der Waals surface area contributed by atoms with Gasteiger partial charge in [0.1, 0.15) is 0 Å². The normalized spacial score (nSPS) is 20.4. The van der Waals surface area contributed by atoms with Crippen LogP contribution in [0.25, 0.3) is 0 Å². The quantitative estimate of drug-likeness (QED) is 0.920. The second kappa shape index (κ2) is 8.60. The van der Waals surface area contributed by atoms with Crippen LogP contribution in [-0.4, -0.2) is 60.1 Å². The van der Waals surface area contributed by atoms with Gasteiger partial charge in [-0.25, -0.2) is 4.79 Å². The Bertz CT molecular complexity index is 482. The summed E-state index contributed by atoms with van der Waals surface area (Å²) < 4.78 is 0. The predicted octanol–water partition coefficient (Wildman–Crippen LogP) is 2.66. The van der Waals surface area contributed by atoms with E-state index in [4.69, 9.17) is 0 Å². The zero-order chi connectivity index (χ0) is 15.9. The van der Waals surface area contributed by atoms with E-state index in [0.29, 0.717) is 5.92 Å². The molecule has 2 fully saturated rings. The highest BCUT2D eigenvalue weighted by molar-refractivity contribution is 7.99. The highest BCUT2D eigenvalue weighted by atomic mass is 32.2. The molecule has 2 aliphatic rings. The average molecular weight is 334 g/mol. The van der Waals surface area contributed by atoms with Gasteiger partial charge in [0, 0.05) is 37.7 Å². The molecule has 0 saturated carbocycles. The maximum absolute atomic E-state index is 12.1. The molecule has 2 saturated heterocycles. The van der Waals surface area contributed by atoms with Gasteiger partial charge in [-0.2, -0.15) is 11.8 Å². The summed E-state index contributed by atoms with van der Waals surface area (Å²) in [7, 11) is 0. The molecule has 1 aromatic rings. The lowest BCUT2D eigenvalue weighted by atomic mass is 9.96. The van der Waals surface area contributed by atoms with E-state index in [2.05, 4.69) is 40.5 Å². The number of hydrogen-bond acceptors (Lipinski definition) is 3. The molecule has 23 heavy (non-hydrogen) atoms. The van der Waals surface area contributed by atoms with Crippen molar-refractivity contribution in [3.63, 3.8) is 0 Å². The molecule has 0 radical (unpaired) electrons. The zero-order valence-corrected chi connectivity index (χ0v) is 14.6. The monoisotopic (exact) mass is 333 g/mol. The van der Waals surface area contributed by atoms with Crippen LogP contribution >= 0.6 is 11.8 Å². The Kier molecular flexibility index (Phi) is 6.22. The van der Waals surface area contributed by atoms with Crippen LogP contribution in [-0.2, 0) is 6.54 Å². The average Bonchev–Trinajstić information content (AvgIpc) is 2.62. The lowest BCUT2D eigenvalue weighted by Crippen LogP contribution is -2.46. The fourth-order valence-corrected chi connectivity index (χ4v) is 4.20. The van der Waals surface area contributed by atoms with Crippen molar-refractivity contribution in [3.05, 3.63) is 35.9 Å². The molecule has 126 valence electrons. The van der Waals surface area contributed by atoms with E-state index in [9.17, 15) is 4.79 Å². The van der Waals surface area contributed by atoms with E-state index in [1.54, 1.807) is 0 Å². The van der Waals surface area contributed by atoms with Crippen molar-refractivity contribution in [2.45, 2.75) is 19.4 Å². The van der Waals surface area contributed by atoms with Crippen molar-refractivity contribution in [2.75, 3.05) is 44.2 Å². The van der Waals surface area contributed by atoms with Gasteiger partial charge < -0.3 is 10.2 Å². The number of carbonyl (C=O) groups excluding carboxylic acids is 1. The van der Waals surface area contributed by atoms with Crippen LogP contribution in [0.5, 0.6) is 0 Å². The number of amides is 2. The third-order valence-corrected chi connectivity index (χ3v) is 5.74. The van der Waals surface area contributed by atoms with Crippen molar-refractivity contribution >= 4 is 17.8 Å². The van der Waals surface area contributed by atoms with Gasteiger partial charge in [0.2, 0.25) is 0 Å². The second-order valence-electron chi connectivity index (χ2n) is 6.49. The van der Waals surface area contributed by atoms with Crippen molar-refractivity contribution in [2.24, 2.45) is 5.92 Å². The maximum atomic E-state index is 12.1. The third-order valence-electron chi connectivity index (χ3n) is 4.80.